The highest BCUT2D eigenvalue weighted by Gasteiger charge is 2.32. The number of hydrogen-bond donors (Lipinski definition) is 3. The highest BCUT2D eigenvalue weighted by atomic mass is 16.6. The molecule has 1 aromatic carbocycles. The lowest BCUT2D eigenvalue weighted by atomic mass is 9.94. The van der Waals surface area contributed by atoms with Gasteiger partial charge in [0, 0.05) is 25.2 Å². The van der Waals surface area contributed by atoms with Crippen molar-refractivity contribution >= 4 is 17.3 Å². The molecule has 1 heterocycles. The number of hydrogen-bond acceptors (Lipinski definition) is 6. The monoisotopic (exact) mass is 294 g/mol. The summed E-state index contributed by atoms with van der Waals surface area (Å²) in [7, 11) is 0. The molecular formula is C13H18N4O4. The zero-order chi connectivity index (χ0) is 15.6. The maximum atomic E-state index is 12.5. The molecule has 4 N–H and O–H groups in total. The zero-order valence-corrected chi connectivity index (χ0v) is 11.7. The van der Waals surface area contributed by atoms with E-state index in [2.05, 4.69) is 5.43 Å². The van der Waals surface area contributed by atoms with Crippen LogP contribution in [0.15, 0.2) is 18.2 Å². The molecule has 1 aliphatic heterocycles. The molecule has 0 aromatic heterocycles. The molecule has 1 atom stereocenters. The number of non-ortho nitro benzene ring substituents is 1. The van der Waals surface area contributed by atoms with Crippen LogP contribution in [0.2, 0.25) is 0 Å². The van der Waals surface area contributed by atoms with E-state index in [0.29, 0.717) is 25.1 Å². The summed E-state index contributed by atoms with van der Waals surface area (Å²) < 4.78 is 0. The van der Waals surface area contributed by atoms with Gasteiger partial charge in [-0.05, 0) is 25.8 Å². The molecule has 1 amide bonds. The van der Waals surface area contributed by atoms with E-state index in [4.69, 9.17) is 5.84 Å². The number of carbonyl (C=O) groups excluding carboxylic acids is 1. The van der Waals surface area contributed by atoms with Crippen LogP contribution in [0.5, 0.6) is 0 Å². The van der Waals surface area contributed by atoms with Gasteiger partial charge in [-0.3, -0.25) is 20.8 Å². The average Bonchev–Trinajstić information content (AvgIpc) is 2.44. The van der Waals surface area contributed by atoms with E-state index in [9.17, 15) is 20.0 Å². The average molecular weight is 294 g/mol. The molecule has 1 saturated heterocycles. The molecule has 1 aliphatic rings. The van der Waals surface area contributed by atoms with Gasteiger partial charge in [0.05, 0.1) is 21.8 Å². The van der Waals surface area contributed by atoms with Crippen molar-refractivity contribution in [3.63, 3.8) is 0 Å². The first-order valence-corrected chi connectivity index (χ1v) is 6.61. The quantitative estimate of drug-likeness (QED) is 0.432. The van der Waals surface area contributed by atoms with E-state index in [0.717, 1.165) is 0 Å². The van der Waals surface area contributed by atoms with Crippen molar-refractivity contribution < 1.29 is 14.8 Å². The molecular weight excluding hydrogens is 276 g/mol. The second-order valence-corrected chi connectivity index (χ2v) is 5.46. The molecule has 1 fully saturated rings. The summed E-state index contributed by atoms with van der Waals surface area (Å²) in [6, 6.07) is 3.87. The number of nitro benzene ring substituents is 1. The Morgan fingerprint density at radius 1 is 1.57 bits per heavy atom. The Hall–Kier alpha value is -2.19. The molecule has 2 rings (SSSR count). The summed E-state index contributed by atoms with van der Waals surface area (Å²) in [5, 5.41) is 20.9. The summed E-state index contributed by atoms with van der Waals surface area (Å²) in [6.07, 6.45) is 1.30. The number of carbonyl (C=O) groups is 1. The summed E-state index contributed by atoms with van der Waals surface area (Å²) in [5.41, 5.74) is 1.70. The molecule has 21 heavy (non-hydrogen) atoms. The normalized spacial score (nSPS) is 22.0. The van der Waals surface area contributed by atoms with E-state index in [-0.39, 0.29) is 23.7 Å². The molecule has 1 unspecified atom stereocenters. The number of nitrogens with two attached hydrogens (primary N) is 1. The third-order valence-electron chi connectivity index (χ3n) is 3.56. The molecule has 8 heteroatoms. The second kappa shape index (κ2) is 5.66. The molecule has 0 spiro atoms. The van der Waals surface area contributed by atoms with Crippen molar-refractivity contribution in [2.24, 2.45) is 5.84 Å². The third kappa shape index (κ3) is 3.29. The van der Waals surface area contributed by atoms with Crippen molar-refractivity contribution in [1.82, 2.24) is 4.90 Å². The SMILES string of the molecule is CC1(O)CCCN(C(=O)c2cc([N+](=O)[O-])ccc2NN)C1. The first-order chi connectivity index (χ1) is 9.84. The van der Waals surface area contributed by atoms with Gasteiger partial charge in [-0.25, -0.2) is 0 Å². The number of nitrogens with zero attached hydrogens (tertiary/aromatic N) is 2. The van der Waals surface area contributed by atoms with Crippen LogP contribution in [0.25, 0.3) is 0 Å². The van der Waals surface area contributed by atoms with E-state index in [1.54, 1.807) is 6.92 Å². The number of aliphatic hydroxyl groups is 1. The van der Waals surface area contributed by atoms with Crippen molar-refractivity contribution in [2.45, 2.75) is 25.4 Å². The van der Waals surface area contributed by atoms with Gasteiger partial charge in [0.2, 0.25) is 0 Å². The Morgan fingerprint density at radius 3 is 2.86 bits per heavy atom. The van der Waals surface area contributed by atoms with Crippen LogP contribution in [0, 0.1) is 10.1 Å². The van der Waals surface area contributed by atoms with Gasteiger partial charge in [0.1, 0.15) is 0 Å². The number of hydrazine groups is 1. The Bertz CT molecular complexity index is 573. The first kappa shape index (κ1) is 15.2. The number of anilines is 1. The number of nitrogen functional groups attached to an aromatic ring is 1. The van der Waals surface area contributed by atoms with Crippen molar-refractivity contribution in [1.29, 1.82) is 0 Å². The third-order valence-corrected chi connectivity index (χ3v) is 3.56. The lowest BCUT2D eigenvalue weighted by Crippen LogP contribution is -2.48. The van der Waals surface area contributed by atoms with E-state index < -0.39 is 10.5 Å². The topological polar surface area (TPSA) is 122 Å². The number of β-amino-alcohol motifs (C(OH)–C–C–N with tert-alkyl or cyclic N) is 1. The summed E-state index contributed by atoms with van der Waals surface area (Å²) >= 11 is 0. The number of nitro groups is 1. The number of nitrogens with one attached hydrogen (secondary N) is 1. The van der Waals surface area contributed by atoms with Crippen molar-refractivity contribution in [3.05, 3.63) is 33.9 Å². The Kier molecular flexibility index (Phi) is 4.10. The van der Waals surface area contributed by atoms with Crippen LogP contribution in [-0.4, -0.2) is 39.5 Å². The minimum atomic E-state index is -0.940. The first-order valence-electron chi connectivity index (χ1n) is 6.61. The van der Waals surface area contributed by atoms with Crippen LogP contribution >= 0.6 is 0 Å². The van der Waals surface area contributed by atoms with Crippen LogP contribution in [0.1, 0.15) is 30.1 Å². The number of piperidine rings is 1. The molecule has 114 valence electrons. The van der Waals surface area contributed by atoms with Gasteiger partial charge in [-0.15, -0.1) is 0 Å². The largest absolute Gasteiger partial charge is 0.388 e. The lowest BCUT2D eigenvalue weighted by Gasteiger charge is -2.37. The van der Waals surface area contributed by atoms with E-state index in [1.807, 2.05) is 0 Å². The van der Waals surface area contributed by atoms with Crippen molar-refractivity contribution in [2.75, 3.05) is 18.5 Å². The molecule has 0 saturated carbocycles. The fourth-order valence-electron chi connectivity index (χ4n) is 2.51. The highest BCUT2D eigenvalue weighted by molar-refractivity contribution is 6.00. The van der Waals surface area contributed by atoms with Gasteiger partial charge in [0.25, 0.3) is 11.6 Å². The Balaban J connectivity index is 2.33. The maximum absolute atomic E-state index is 12.5. The fraction of sp³-hybridized carbons (Fsp3) is 0.462. The zero-order valence-electron chi connectivity index (χ0n) is 11.7. The minimum absolute atomic E-state index is 0.129. The van der Waals surface area contributed by atoms with E-state index in [1.165, 1.54) is 23.1 Å². The van der Waals surface area contributed by atoms with Gasteiger partial charge in [-0.2, -0.15) is 0 Å². The van der Waals surface area contributed by atoms with Crippen molar-refractivity contribution in [3.8, 4) is 0 Å². The lowest BCUT2D eigenvalue weighted by molar-refractivity contribution is -0.384. The van der Waals surface area contributed by atoms with Gasteiger partial charge in [-0.1, -0.05) is 0 Å². The van der Waals surface area contributed by atoms with Crippen LogP contribution in [0.4, 0.5) is 11.4 Å². The Labute approximate surface area is 121 Å². The van der Waals surface area contributed by atoms with Gasteiger partial charge >= 0.3 is 0 Å². The summed E-state index contributed by atoms with van der Waals surface area (Å²) in [6.45, 7) is 2.36. The number of likely N-dealkylation sites (tertiary alicyclic amines) is 1. The van der Waals surface area contributed by atoms with Crippen LogP contribution in [-0.2, 0) is 0 Å². The molecule has 0 radical (unpaired) electrons. The number of amides is 1. The standard InChI is InChI=1S/C13H18N4O4/c1-13(19)5-2-6-16(8-13)12(18)10-7-9(17(20)21)3-4-11(10)15-14/h3-4,7,15,19H,2,5-6,8,14H2,1H3. The minimum Gasteiger partial charge on any atom is -0.388 e. The Morgan fingerprint density at radius 2 is 2.29 bits per heavy atom. The van der Waals surface area contributed by atoms with Gasteiger partial charge in [0.15, 0.2) is 0 Å². The molecule has 0 aliphatic carbocycles. The van der Waals surface area contributed by atoms with Gasteiger partial charge < -0.3 is 15.4 Å². The predicted octanol–water partition coefficient (Wildman–Crippen LogP) is 0.867. The van der Waals surface area contributed by atoms with E-state index >= 15 is 0 Å². The molecule has 8 nitrogen and oxygen atoms in total. The smallest absolute Gasteiger partial charge is 0.270 e. The highest BCUT2D eigenvalue weighted by Crippen LogP contribution is 2.26. The summed E-state index contributed by atoms with van der Waals surface area (Å²) in [4.78, 5) is 24.3. The molecule has 1 aromatic rings. The predicted molar refractivity (Wildman–Crippen MR) is 76.7 cm³/mol. The number of benzene rings is 1. The summed E-state index contributed by atoms with van der Waals surface area (Å²) in [5.74, 6) is 4.97. The maximum Gasteiger partial charge on any atom is 0.270 e. The number of rotatable bonds is 3. The van der Waals surface area contributed by atoms with Crippen LogP contribution in [0.3, 0.4) is 0 Å². The molecule has 0 bridgehead atoms. The van der Waals surface area contributed by atoms with Crippen LogP contribution < -0.4 is 11.3 Å². The second-order valence-electron chi connectivity index (χ2n) is 5.46. The fourth-order valence-corrected chi connectivity index (χ4v) is 2.51.